The maximum Gasteiger partial charge on any atom is 0.335 e. The predicted octanol–water partition coefficient (Wildman–Crippen LogP) is 3.66. The van der Waals surface area contributed by atoms with Gasteiger partial charge in [-0.05, 0) is 68.1 Å². The van der Waals surface area contributed by atoms with Crippen molar-refractivity contribution in [3.8, 4) is 0 Å². The zero-order valence-corrected chi connectivity index (χ0v) is 14.0. The number of rotatable bonds is 4. The fraction of sp³-hybridized carbons (Fsp3) is 0.350. The quantitative estimate of drug-likeness (QED) is 0.842. The van der Waals surface area contributed by atoms with Crippen LogP contribution in [-0.2, 0) is 6.54 Å². The Labute approximate surface area is 142 Å². The number of carbonyl (C=O) groups is 1. The van der Waals surface area contributed by atoms with Crippen LogP contribution in [0.3, 0.4) is 0 Å². The number of nitrogen functional groups attached to an aromatic ring is 1. The fourth-order valence-electron chi connectivity index (χ4n) is 3.57. The Kier molecular flexibility index (Phi) is 4.86. The van der Waals surface area contributed by atoms with Gasteiger partial charge in [-0.2, -0.15) is 0 Å². The molecule has 4 heteroatoms. The van der Waals surface area contributed by atoms with Crippen LogP contribution in [0.4, 0.5) is 5.69 Å². The number of nitrogens with zero attached hydrogens (tertiary/aromatic N) is 1. The number of aryl methyl sites for hydroxylation is 1. The van der Waals surface area contributed by atoms with E-state index in [1.807, 2.05) is 37.3 Å². The summed E-state index contributed by atoms with van der Waals surface area (Å²) in [5.74, 6) is -0.500. The summed E-state index contributed by atoms with van der Waals surface area (Å²) in [5.41, 5.74) is 10.4. The fourth-order valence-corrected chi connectivity index (χ4v) is 3.57. The molecule has 4 nitrogen and oxygen atoms in total. The third-order valence-corrected chi connectivity index (χ3v) is 4.82. The molecule has 0 aliphatic carbocycles. The summed E-state index contributed by atoms with van der Waals surface area (Å²) in [6.07, 6.45) is 1.98. The van der Waals surface area contributed by atoms with Gasteiger partial charge >= 0.3 is 5.97 Å². The molecule has 1 heterocycles. The number of benzene rings is 2. The summed E-state index contributed by atoms with van der Waals surface area (Å²) >= 11 is 0. The number of piperidine rings is 1. The third kappa shape index (κ3) is 3.77. The molecule has 1 aliphatic heterocycles. The van der Waals surface area contributed by atoms with Crippen LogP contribution in [0.5, 0.6) is 0 Å². The summed E-state index contributed by atoms with van der Waals surface area (Å²) in [6, 6.07) is 13.7. The monoisotopic (exact) mass is 324 g/mol. The third-order valence-electron chi connectivity index (χ3n) is 4.82. The number of anilines is 1. The van der Waals surface area contributed by atoms with Gasteiger partial charge in [0.1, 0.15) is 0 Å². The first-order valence-corrected chi connectivity index (χ1v) is 8.43. The number of likely N-dealkylation sites (tertiary alicyclic amines) is 1. The summed E-state index contributed by atoms with van der Waals surface area (Å²) in [6.45, 7) is 4.88. The van der Waals surface area contributed by atoms with E-state index in [4.69, 9.17) is 5.73 Å². The molecule has 2 aromatic rings. The first-order chi connectivity index (χ1) is 11.5. The Morgan fingerprint density at radius 3 is 2.62 bits per heavy atom. The molecule has 0 aromatic heterocycles. The smallest absolute Gasteiger partial charge is 0.335 e. The lowest BCUT2D eigenvalue weighted by molar-refractivity contribution is 0.0694. The predicted molar refractivity (Wildman–Crippen MR) is 96.2 cm³/mol. The standard InChI is InChI=1S/C20H24N2O2/c1-14-5-6-18(20(23)24)19(11-14)16-7-9-22(10-8-16)13-15-3-2-4-17(21)12-15/h2-6,11-12,16H,7-10,13,21H2,1H3,(H,23,24). The first kappa shape index (κ1) is 16.5. The van der Waals surface area contributed by atoms with Gasteiger partial charge in [-0.15, -0.1) is 0 Å². The Morgan fingerprint density at radius 1 is 1.21 bits per heavy atom. The van der Waals surface area contributed by atoms with Gasteiger partial charge < -0.3 is 10.8 Å². The van der Waals surface area contributed by atoms with Crippen molar-refractivity contribution < 1.29 is 9.90 Å². The molecule has 0 radical (unpaired) electrons. The molecule has 2 aromatic carbocycles. The molecular weight excluding hydrogens is 300 g/mol. The van der Waals surface area contributed by atoms with Crippen molar-refractivity contribution in [2.75, 3.05) is 18.8 Å². The van der Waals surface area contributed by atoms with Gasteiger partial charge in [0.15, 0.2) is 0 Å². The lowest BCUT2D eigenvalue weighted by atomic mass is 9.85. The van der Waals surface area contributed by atoms with Gasteiger partial charge in [0.2, 0.25) is 0 Å². The van der Waals surface area contributed by atoms with Crippen molar-refractivity contribution in [1.29, 1.82) is 0 Å². The van der Waals surface area contributed by atoms with E-state index in [1.165, 1.54) is 5.56 Å². The van der Waals surface area contributed by atoms with Crippen LogP contribution in [0, 0.1) is 6.92 Å². The highest BCUT2D eigenvalue weighted by Gasteiger charge is 2.24. The van der Waals surface area contributed by atoms with E-state index in [2.05, 4.69) is 11.0 Å². The zero-order chi connectivity index (χ0) is 17.1. The highest BCUT2D eigenvalue weighted by atomic mass is 16.4. The maximum atomic E-state index is 11.5. The lowest BCUT2D eigenvalue weighted by Gasteiger charge is -2.33. The van der Waals surface area contributed by atoms with Crippen molar-refractivity contribution >= 4 is 11.7 Å². The van der Waals surface area contributed by atoms with E-state index in [1.54, 1.807) is 6.07 Å². The number of carboxylic acids is 1. The van der Waals surface area contributed by atoms with E-state index < -0.39 is 5.97 Å². The minimum absolute atomic E-state index is 0.327. The minimum Gasteiger partial charge on any atom is -0.478 e. The van der Waals surface area contributed by atoms with Crippen molar-refractivity contribution in [2.45, 2.75) is 32.2 Å². The van der Waals surface area contributed by atoms with Gasteiger partial charge in [-0.25, -0.2) is 4.79 Å². The van der Waals surface area contributed by atoms with Crippen LogP contribution >= 0.6 is 0 Å². The van der Waals surface area contributed by atoms with Crippen LogP contribution in [0.15, 0.2) is 42.5 Å². The van der Waals surface area contributed by atoms with Gasteiger partial charge in [0.05, 0.1) is 5.56 Å². The number of carboxylic acid groups (broad SMARTS) is 1. The summed E-state index contributed by atoms with van der Waals surface area (Å²) in [4.78, 5) is 13.9. The Hall–Kier alpha value is -2.33. The molecule has 24 heavy (non-hydrogen) atoms. The Balaban J connectivity index is 1.67. The number of aromatic carboxylic acids is 1. The molecule has 0 atom stereocenters. The van der Waals surface area contributed by atoms with Crippen molar-refractivity contribution in [3.63, 3.8) is 0 Å². The lowest BCUT2D eigenvalue weighted by Crippen LogP contribution is -2.33. The SMILES string of the molecule is Cc1ccc(C(=O)O)c(C2CCN(Cc3cccc(N)c3)CC2)c1. The van der Waals surface area contributed by atoms with Crippen LogP contribution < -0.4 is 5.73 Å². The van der Waals surface area contributed by atoms with Gasteiger partial charge in [-0.3, -0.25) is 4.90 Å². The van der Waals surface area contributed by atoms with Crippen molar-refractivity contribution in [3.05, 3.63) is 64.7 Å². The van der Waals surface area contributed by atoms with Crippen LogP contribution in [-0.4, -0.2) is 29.1 Å². The van der Waals surface area contributed by atoms with Gasteiger partial charge in [-0.1, -0.05) is 29.8 Å². The van der Waals surface area contributed by atoms with E-state index in [-0.39, 0.29) is 0 Å². The van der Waals surface area contributed by atoms with Crippen LogP contribution in [0.1, 0.15) is 45.8 Å². The summed E-state index contributed by atoms with van der Waals surface area (Å²) in [5, 5.41) is 9.44. The summed E-state index contributed by atoms with van der Waals surface area (Å²) in [7, 11) is 0. The van der Waals surface area contributed by atoms with E-state index >= 15 is 0 Å². The van der Waals surface area contributed by atoms with E-state index in [9.17, 15) is 9.90 Å². The number of nitrogens with two attached hydrogens (primary N) is 1. The Bertz CT molecular complexity index is 734. The average molecular weight is 324 g/mol. The van der Waals surface area contributed by atoms with Gasteiger partial charge in [0, 0.05) is 12.2 Å². The minimum atomic E-state index is -0.827. The van der Waals surface area contributed by atoms with E-state index in [0.717, 1.165) is 49.3 Å². The van der Waals surface area contributed by atoms with E-state index in [0.29, 0.717) is 11.5 Å². The second kappa shape index (κ2) is 7.05. The second-order valence-corrected chi connectivity index (χ2v) is 6.69. The zero-order valence-electron chi connectivity index (χ0n) is 14.0. The Morgan fingerprint density at radius 2 is 1.96 bits per heavy atom. The van der Waals surface area contributed by atoms with Gasteiger partial charge in [0.25, 0.3) is 0 Å². The average Bonchev–Trinajstić information content (AvgIpc) is 2.55. The molecule has 1 aliphatic rings. The normalized spacial score (nSPS) is 16.2. The molecular formula is C20H24N2O2. The van der Waals surface area contributed by atoms with Crippen LogP contribution in [0.25, 0.3) is 0 Å². The molecule has 0 amide bonds. The topological polar surface area (TPSA) is 66.6 Å². The summed E-state index contributed by atoms with van der Waals surface area (Å²) < 4.78 is 0. The molecule has 1 saturated heterocycles. The molecule has 3 N–H and O–H groups in total. The molecule has 1 fully saturated rings. The maximum absolute atomic E-state index is 11.5. The van der Waals surface area contributed by atoms with Crippen molar-refractivity contribution in [2.24, 2.45) is 0 Å². The molecule has 3 rings (SSSR count). The second-order valence-electron chi connectivity index (χ2n) is 6.69. The highest BCUT2D eigenvalue weighted by molar-refractivity contribution is 5.89. The largest absolute Gasteiger partial charge is 0.478 e. The molecule has 0 bridgehead atoms. The molecule has 0 unspecified atom stereocenters. The molecule has 0 spiro atoms. The molecule has 126 valence electrons. The van der Waals surface area contributed by atoms with Crippen molar-refractivity contribution in [1.82, 2.24) is 4.90 Å². The highest BCUT2D eigenvalue weighted by Crippen LogP contribution is 2.31. The van der Waals surface area contributed by atoms with Crippen LogP contribution in [0.2, 0.25) is 0 Å². The first-order valence-electron chi connectivity index (χ1n) is 8.43. The number of hydrogen-bond donors (Lipinski definition) is 2. The molecule has 0 saturated carbocycles. The number of hydrogen-bond acceptors (Lipinski definition) is 3.